The number of phosphoric ester groups is 1. The maximum absolute atomic E-state index is 12.9. The van der Waals surface area contributed by atoms with Crippen molar-refractivity contribution in [2.75, 3.05) is 47.5 Å². The van der Waals surface area contributed by atoms with Crippen LogP contribution in [0.2, 0.25) is 0 Å². The smallest absolute Gasteiger partial charge is 0.306 e. The lowest BCUT2D eigenvalue weighted by atomic mass is 10.1. The van der Waals surface area contributed by atoms with E-state index in [4.69, 9.17) is 18.5 Å². The summed E-state index contributed by atoms with van der Waals surface area (Å²) in [7, 11) is 1.12. The van der Waals surface area contributed by atoms with Crippen LogP contribution < -0.4 is 4.89 Å². The fourth-order valence-corrected chi connectivity index (χ4v) is 9.27. The summed E-state index contributed by atoms with van der Waals surface area (Å²) in [6.07, 6.45) is 107. The molecular weight excluding hydrogens is 1130 g/mol. The van der Waals surface area contributed by atoms with Gasteiger partial charge in [0.15, 0.2) is 6.10 Å². The van der Waals surface area contributed by atoms with Crippen LogP contribution in [0.25, 0.3) is 0 Å². The second-order valence-electron chi connectivity index (χ2n) is 23.4. The molecule has 504 valence electrons. The number of likely N-dealkylation sites (N-methyl/N-ethyl adjacent to an activating group) is 1. The molecule has 0 amide bonds. The maximum Gasteiger partial charge on any atom is 0.306 e. The molecular formula is C80H126NO8P. The highest BCUT2D eigenvalue weighted by Crippen LogP contribution is 2.38. The van der Waals surface area contributed by atoms with E-state index in [0.29, 0.717) is 23.9 Å². The van der Waals surface area contributed by atoms with Gasteiger partial charge in [0, 0.05) is 12.8 Å². The Morgan fingerprint density at radius 1 is 0.344 bits per heavy atom. The van der Waals surface area contributed by atoms with Crippen LogP contribution in [-0.2, 0) is 32.7 Å². The van der Waals surface area contributed by atoms with Gasteiger partial charge in [-0.05, 0) is 148 Å². The van der Waals surface area contributed by atoms with E-state index >= 15 is 0 Å². The number of ether oxygens (including phenoxy) is 2. The third-order valence-electron chi connectivity index (χ3n) is 13.8. The van der Waals surface area contributed by atoms with Crippen molar-refractivity contribution in [3.8, 4) is 0 Å². The van der Waals surface area contributed by atoms with E-state index in [1.165, 1.54) is 12.8 Å². The first-order valence-electron chi connectivity index (χ1n) is 34.8. The number of rotatable bonds is 61. The highest BCUT2D eigenvalue weighted by atomic mass is 31.2. The number of hydrogen-bond acceptors (Lipinski definition) is 8. The minimum absolute atomic E-state index is 0.0481. The molecule has 0 aromatic rings. The number of carbonyl (C=O) groups excluding carboxylic acids is 2. The quantitative estimate of drug-likeness (QED) is 0.0195. The Morgan fingerprint density at radius 2 is 0.600 bits per heavy atom. The van der Waals surface area contributed by atoms with Crippen molar-refractivity contribution in [3.63, 3.8) is 0 Å². The molecule has 0 aromatic heterocycles. The van der Waals surface area contributed by atoms with Gasteiger partial charge in [0.2, 0.25) is 0 Å². The average Bonchev–Trinajstić information content (AvgIpc) is 3.61. The maximum atomic E-state index is 12.9. The number of hydrogen-bond donors (Lipinski definition) is 0. The molecule has 10 heteroatoms. The van der Waals surface area contributed by atoms with Crippen LogP contribution in [0.3, 0.4) is 0 Å². The number of nitrogens with zero attached hydrogens (tertiary/aromatic N) is 1. The molecule has 0 aliphatic rings. The molecule has 0 heterocycles. The van der Waals surface area contributed by atoms with Crippen molar-refractivity contribution < 1.29 is 42.1 Å². The lowest BCUT2D eigenvalue weighted by Gasteiger charge is -2.28. The third-order valence-corrected chi connectivity index (χ3v) is 14.8. The molecule has 0 spiro atoms. The molecule has 0 saturated heterocycles. The first-order valence-corrected chi connectivity index (χ1v) is 36.3. The van der Waals surface area contributed by atoms with Crippen molar-refractivity contribution in [3.05, 3.63) is 207 Å². The largest absolute Gasteiger partial charge is 0.756 e. The van der Waals surface area contributed by atoms with Gasteiger partial charge in [0.1, 0.15) is 19.8 Å². The SMILES string of the molecule is CC/C=C\C/C=C\C/C=C\C/C=C\C/C=C\C/C=C\C/C=C\C/C=C\C/C=C\CCCCCCCCCC(=O)OC(COC(=O)CCCCCCCC/C=C\C/C=C\C/C=C\C/C=C\C/C=C\C/C=C\C/C=C\C/C=C\CC)COP(=O)([O-])OCC[N+](C)(C)C. The van der Waals surface area contributed by atoms with Gasteiger partial charge in [0.05, 0.1) is 27.7 Å². The minimum Gasteiger partial charge on any atom is -0.756 e. The van der Waals surface area contributed by atoms with Gasteiger partial charge in [-0.2, -0.15) is 0 Å². The molecule has 0 rings (SSSR count). The van der Waals surface area contributed by atoms with E-state index in [9.17, 15) is 19.0 Å². The number of carbonyl (C=O) groups is 2. The van der Waals surface area contributed by atoms with Crippen LogP contribution in [0.4, 0.5) is 0 Å². The lowest BCUT2D eigenvalue weighted by Crippen LogP contribution is -2.37. The predicted octanol–water partition coefficient (Wildman–Crippen LogP) is 22.4. The monoisotopic (exact) mass is 1260 g/mol. The zero-order valence-corrected chi connectivity index (χ0v) is 58.1. The van der Waals surface area contributed by atoms with Gasteiger partial charge in [-0.15, -0.1) is 0 Å². The summed E-state index contributed by atoms with van der Waals surface area (Å²) in [5.41, 5.74) is 0. The lowest BCUT2D eigenvalue weighted by molar-refractivity contribution is -0.870. The van der Waals surface area contributed by atoms with Crippen molar-refractivity contribution in [1.82, 2.24) is 0 Å². The molecule has 0 aliphatic heterocycles. The average molecular weight is 1260 g/mol. The van der Waals surface area contributed by atoms with Crippen molar-refractivity contribution in [2.24, 2.45) is 0 Å². The Labute approximate surface area is 551 Å². The van der Waals surface area contributed by atoms with Crippen LogP contribution >= 0.6 is 7.82 Å². The molecule has 2 unspecified atom stereocenters. The molecule has 0 bridgehead atoms. The second-order valence-corrected chi connectivity index (χ2v) is 24.8. The summed E-state index contributed by atoms with van der Waals surface area (Å²) >= 11 is 0. The summed E-state index contributed by atoms with van der Waals surface area (Å²) in [6.45, 7) is 3.95. The van der Waals surface area contributed by atoms with E-state index in [1.54, 1.807) is 0 Å². The molecule has 0 aromatic carbocycles. The molecule has 2 atom stereocenters. The standard InChI is InChI=1S/C80H126NO8P/c1-6-8-10-12-14-16-18-20-22-24-26-28-30-32-34-36-38-39-40-41-43-45-47-49-51-53-55-57-59-61-63-65-67-69-71-73-80(83)89-78(77-88-90(84,85)87-75-74-81(3,4)5)76-86-79(82)72-70-68-66-64-62-60-58-56-54-52-50-48-46-44-42-37-35-33-31-29-27-25-23-21-19-17-15-13-11-9-7-2/h8-11,14-17,20-23,26-29,32-35,38-39,41-44,47-50,53-56,78H,6-7,12-13,18-19,24-25,30-31,36-37,40,45-46,51-52,57-77H2,1-5H3/b10-8-,11-9-,16-14-,17-15-,22-20-,23-21-,28-26-,29-27-,34-32-,35-33-,39-38-,43-41-,44-42-,49-47-,50-48-,55-53-,56-54-. The topological polar surface area (TPSA) is 111 Å². The van der Waals surface area contributed by atoms with E-state index in [1.807, 2.05) is 21.1 Å². The molecule has 0 saturated carbocycles. The molecule has 0 fully saturated rings. The molecule has 90 heavy (non-hydrogen) atoms. The minimum atomic E-state index is -4.67. The van der Waals surface area contributed by atoms with Gasteiger partial charge in [-0.3, -0.25) is 14.2 Å². The third kappa shape index (κ3) is 71.7. The van der Waals surface area contributed by atoms with Crippen LogP contribution in [0, 0.1) is 0 Å². The van der Waals surface area contributed by atoms with E-state index in [2.05, 4.69) is 220 Å². The van der Waals surface area contributed by atoms with Crippen molar-refractivity contribution >= 4 is 19.8 Å². The fraction of sp³-hybridized carbons (Fsp3) is 0.550. The van der Waals surface area contributed by atoms with Gasteiger partial charge >= 0.3 is 11.9 Å². The normalized spacial score (nSPS) is 14.4. The molecule has 0 aliphatic carbocycles. The van der Waals surface area contributed by atoms with Crippen LogP contribution in [0.5, 0.6) is 0 Å². The molecule has 0 radical (unpaired) electrons. The Morgan fingerprint density at radius 3 is 0.889 bits per heavy atom. The Bertz CT molecular complexity index is 2270. The number of quaternary nitrogens is 1. The number of allylic oxidation sites excluding steroid dienone is 34. The highest BCUT2D eigenvalue weighted by molar-refractivity contribution is 7.45. The van der Waals surface area contributed by atoms with Crippen LogP contribution in [-0.4, -0.2) is 70.0 Å². The molecule has 0 N–H and O–H groups in total. The first-order chi connectivity index (χ1) is 44.0. The van der Waals surface area contributed by atoms with Crippen molar-refractivity contribution in [2.45, 2.75) is 238 Å². The Hall–Kier alpha value is -5.41. The first kappa shape index (κ1) is 84.6. The van der Waals surface area contributed by atoms with Gasteiger partial charge < -0.3 is 27.9 Å². The summed E-state index contributed by atoms with van der Waals surface area (Å²) in [4.78, 5) is 38.1. The van der Waals surface area contributed by atoms with E-state index < -0.39 is 32.5 Å². The fourth-order valence-electron chi connectivity index (χ4n) is 8.55. The highest BCUT2D eigenvalue weighted by Gasteiger charge is 2.22. The summed E-state index contributed by atoms with van der Waals surface area (Å²) < 4.78 is 34.3. The summed E-state index contributed by atoms with van der Waals surface area (Å²) in [6, 6.07) is 0. The van der Waals surface area contributed by atoms with E-state index in [0.717, 1.165) is 180 Å². The van der Waals surface area contributed by atoms with Gasteiger partial charge in [-0.1, -0.05) is 278 Å². The number of unbranched alkanes of at least 4 members (excludes halogenated alkanes) is 13. The summed E-state index contributed by atoms with van der Waals surface area (Å²) in [5, 5.41) is 0. The zero-order chi connectivity index (χ0) is 65.5. The van der Waals surface area contributed by atoms with Crippen molar-refractivity contribution in [1.29, 1.82) is 0 Å². The van der Waals surface area contributed by atoms with Crippen LogP contribution in [0.1, 0.15) is 232 Å². The Kier molecular flexibility index (Phi) is 63.9. The van der Waals surface area contributed by atoms with Gasteiger partial charge in [0.25, 0.3) is 7.82 Å². The second kappa shape index (κ2) is 68.0. The van der Waals surface area contributed by atoms with Gasteiger partial charge in [-0.25, -0.2) is 0 Å². The van der Waals surface area contributed by atoms with E-state index in [-0.39, 0.29) is 26.1 Å². The predicted molar refractivity (Wildman–Crippen MR) is 387 cm³/mol. The number of esters is 2. The Balaban J connectivity index is 4.22. The zero-order valence-electron chi connectivity index (χ0n) is 57.2. The number of phosphoric acid groups is 1. The van der Waals surface area contributed by atoms with Crippen LogP contribution in [0.15, 0.2) is 207 Å². The molecule has 9 nitrogen and oxygen atoms in total. The summed E-state index contributed by atoms with van der Waals surface area (Å²) in [5.74, 6) is -0.880.